The third kappa shape index (κ3) is 5.16. The van der Waals surface area contributed by atoms with Crippen LogP contribution in [0, 0.1) is 0 Å². The Bertz CT molecular complexity index is 1540. The first-order chi connectivity index (χ1) is 18.6. The highest BCUT2D eigenvalue weighted by atomic mass is 16.5. The second-order valence-corrected chi connectivity index (χ2v) is 9.70. The van der Waals surface area contributed by atoms with E-state index in [-0.39, 0.29) is 11.3 Å². The summed E-state index contributed by atoms with van der Waals surface area (Å²) in [5.41, 5.74) is 5.35. The van der Waals surface area contributed by atoms with E-state index in [1.54, 1.807) is 30.6 Å². The molecule has 0 spiro atoms. The van der Waals surface area contributed by atoms with Crippen LogP contribution in [-0.4, -0.2) is 64.7 Å². The van der Waals surface area contributed by atoms with E-state index in [1.807, 2.05) is 16.7 Å². The summed E-state index contributed by atoms with van der Waals surface area (Å²) in [6.45, 7) is 4.63. The molecule has 1 aliphatic heterocycles. The number of nitrogens with one attached hydrogen (secondary N) is 2. The summed E-state index contributed by atoms with van der Waals surface area (Å²) in [6, 6.07) is 15.2. The molecule has 0 saturated carbocycles. The van der Waals surface area contributed by atoms with Gasteiger partial charge in [-0.15, -0.1) is 0 Å². The monoisotopic (exact) mass is 510 g/mol. The van der Waals surface area contributed by atoms with E-state index in [4.69, 9.17) is 9.72 Å². The number of anilines is 2. The third-order valence-electron chi connectivity index (χ3n) is 7.20. The summed E-state index contributed by atoms with van der Waals surface area (Å²) in [4.78, 5) is 36.7. The number of nitrogens with zero attached hydrogens (tertiary/aromatic N) is 4. The predicted molar refractivity (Wildman–Crippen MR) is 146 cm³/mol. The molecule has 38 heavy (non-hydrogen) atoms. The van der Waals surface area contributed by atoms with Gasteiger partial charge in [0.05, 0.1) is 18.6 Å². The SMILES string of the molecule is O=C(NCCN1CCOCC1)c1cccc(Nc2ncc3c(=O)ccn(-c4ccc5c(c4)CCC5)c3n2)c1. The van der Waals surface area contributed by atoms with Gasteiger partial charge < -0.3 is 19.9 Å². The average molecular weight is 511 g/mol. The first-order valence-electron chi connectivity index (χ1n) is 13.1. The zero-order valence-electron chi connectivity index (χ0n) is 21.2. The van der Waals surface area contributed by atoms with Gasteiger partial charge in [-0.3, -0.25) is 14.5 Å². The highest BCUT2D eigenvalue weighted by Crippen LogP contribution is 2.26. The Labute approximate surface area is 220 Å². The van der Waals surface area contributed by atoms with Crippen LogP contribution in [0.4, 0.5) is 11.6 Å². The molecule has 0 radical (unpaired) electrons. The van der Waals surface area contributed by atoms with Crippen LogP contribution < -0.4 is 16.1 Å². The van der Waals surface area contributed by atoms with Gasteiger partial charge in [-0.1, -0.05) is 12.1 Å². The highest BCUT2D eigenvalue weighted by molar-refractivity contribution is 5.95. The molecule has 9 heteroatoms. The summed E-state index contributed by atoms with van der Waals surface area (Å²) in [7, 11) is 0. The van der Waals surface area contributed by atoms with Crippen molar-refractivity contribution in [2.24, 2.45) is 0 Å². The molecule has 2 N–H and O–H groups in total. The third-order valence-corrected chi connectivity index (χ3v) is 7.20. The van der Waals surface area contributed by atoms with Crippen molar-refractivity contribution in [1.29, 1.82) is 0 Å². The topological polar surface area (TPSA) is 101 Å². The van der Waals surface area contributed by atoms with Crippen LogP contribution in [0.15, 0.2) is 65.7 Å². The number of aromatic nitrogens is 3. The normalized spacial score (nSPS) is 15.4. The Morgan fingerprint density at radius 2 is 1.89 bits per heavy atom. The van der Waals surface area contributed by atoms with Gasteiger partial charge in [0.2, 0.25) is 5.95 Å². The van der Waals surface area contributed by atoms with Crippen LogP contribution in [0.2, 0.25) is 0 Å². The molecule has 9 nitrogen and oxygen atoms in total. The van der Waals surface area contributed by atoms with Crippen molar-refractivity contribution in [1.82, 2.24) is 24.8 Å². The standard InChI is InChI=1S/C29H30N6O3/c36-26-9-11-35(24-8-7-20-3-1-4-21(20)18-24)27-25(26)19-31-29(33-27)32-23-6-2-5-22(17-23)28(37)30-10-12-34-13-15-38-16-14-34/h2,5-9,11,17-19H,1,3-4,10,12-16H2,(H,30,37)(H,31,32,33). The van der Waals surface area contributed by atoms with Gasteiger partial charge >= 0.3 is 0 Å². The molecule has 1 saturated heterocycles. The number of benzene rings is 2. The molecule has 1 aliphatic carbocycles. The minimum atomic E-state index is -0.133. The maximum absolute atomic E-state index is 12.7. The van der Waals surface area contributed by atoms with E-state index in [0.29, 0.717) is 34.8 Å². The zero-order chi connectivity index (χ0) is 25.9. The molecule has 0 bridgehead atoms. The van der Waals surface area contributed by atoms with Gasteiger partial charge in [-0.2, -0.15) is 4.98 Å². The lowest BCUT2D eigenvalue weighted by Gasteiger charge is -2.26. The van der Waals surface area contributed by atoms with Crippen molar-refractivity contribution in [3.63, 3.8) is 0 Å². The zero-order valence-corrected chi connectivity index (χ0v) is 21.2. The van der Waals surface area contributed by atoms with Gasteiger partial charge in [0.15, 0.2) is 11.1 Å². The maximum Gasteiger partial charge on any atom is 0.251 e. The first-order valence-corrected chi connectivity index (χ1v) is 13.1. The average Bonchev–Trinajstić information content (AvgIpc) is 3.42. The Hall–Kier alpha value is -4.08. The quantitative estimate of drug-likeness (QED) is 0.394. The van der Waals surface area contributed by atoms with Crippen LogP contribution >= 0.6 is 0 Å². The molecule has 2 aromatic carbocycles. The lowest BCUT2D eigenvalue weighted by Crippen LogP contribution is -2.41. The van der Waals surface area contributed by atoms with Gasteiger partial charge in [0.25, 0.3) is 5.91 Å². The molecule has 0 atom stereocenters. The van der Waals surface area contributed by atoms with Gasteiger partial charge in [-0.25, -0.2) is 4.98 Å². The van der Waals surface area contributed by atoms with Crippen molar-refractivity contribution in [2.75, 3.05) is 44.7 Å². The van der Waals surface area contributed by atoms with Crippen LogP contribution in [0.3, 0.4) is 0 Å². The summed E-state index contributed by atoms with van der Waals surface area (Å²) >= 11 is 0. The molecule has 2 aromatic heterocycles. The Morgan fingerprint density at radius 1 is 1.03 bits per heavy atom. The van der Waals surface area contributed by atoms with Crippen molar-refractivity contribution in [3.05, 3.63) is 87.8 Å². The number of rotatable bonds is 7. The molecule has 0 unspecified atom stereocenters. The van der Waals surface area contributed by atoms with E-state index in [9.17, 15) is 9.59 Å². The van der Waals surface area contributed by atoms with E-state index in [0.717, 1.165) is 51.4 Å². The fourth-order valence-electron chi connectivity index (χ4n) is 5.13. The van der Waals surface area contributed by atoms with Crippen LogP contribution in [0.1, 0.15) is 27.9 Å². The van der Waals surface area contributed by atoms with Gasteiger partial charge in [0.1, 0.15) is 0 Å². The molecule has 4 aromatic rings. The number of amides is 1. The van der Waals surface area contributed by atoms with E-state index >= 15 is 0 Å². The smallest absolute Gasteiger partial charge is 0.251 e. The maximum atomic E-state index is 12.7. The number of aryl methyl sites for hydroxylation is 2. The van der Waals surface area contributed by atoms with E-state index in [1.165, 1.54) is 17.5 Å². The number of carbonyl (C=O) groups is 1. The van der Waals surface area contributed by atoms with Crippen molar-refractivity contribution >= 4 is 28.6 Å². The number of carbonyl (C=O) groups excluding carboxylic acids is 1. The summed E-state index contributed by atoms with van der Waals surface area (Å²) < 4.78 is 7.30. The molecule has 1 fully saturated rings. The number of pyridine rings is 1. The Balaban J connectivity index is 1.21. The van der Waals surface area contributed by atoms with E-state index in [2.05, 4.69) is 38.7 Å². The number of fused-ring (bicyclic) bond motifs is 2. The molecule has 1 amide bonds. The van der Waals surface area contributed by atoms with Crippen molar-refractivity contribution in [3.8, 4) is 5.69 Å². The lowest BCUT2D eigenvalue weighted by molar-refractivity contribution is 0.0383. The number of hydrogen-bond donors (Lipinski definition) is 2. The Kier molecular flexibility index (Phi) is 6.85. The Morgan fingerprint density at radius 3 is 2.79 bits per heavy atom. The minimum Gasteiger partial charge on any atom is -0.379 e. The molecule has 2 aliphatic rings. The molecular formula is C29H30N6O3. The van der Waals surface area contributed by atoms with Gasteiger partial charge in [-0.05, 0) is 60.7 Å². The molecule has 194 valence electrons. The molecule has 6 rings (SSSR count). The molecule has 3 heterocycles. The summed E-state index contributed by atoms with van der Waals surface area (Å²) in [6.07, 6.45) is 6.67. The minimum absolute atomic E-state index is 0.125. The van der Waals surface area contributed by atoms with Crippen LogP contribution in [-0.2, 0) is 17.6 Å². The van der Waals surface area contributed by atoms with E-state index < -0.39 is 0 Å². The number of ether oxygens (including phenoxy) is 1. The van der Waals surface area contributed by atoms with Crippen LogP contribution in [0.5, 0.6) is 0 Å². The first kappa shape index (κ1) is 24.3. The fourth-order valence-corrected chi connectivity index (χ4v) is 5.13. The predicted octanol–water partition coefficient (Wildman–Crippen LogP) is 3.08. The second-order valence-electron chi connectivity index (χ2n) is 9.70. The number of hydrogen-bond acceptors (Lipinski definition) is 7. The molecular weight excluding hydrogens is 480 g/mol. The summed E-state index contributed by atoms with van der Waals surface area (Å²) in [5.74, 6) is 0.217. The largest absolute Gasteiger partial charge is 0.379 e. The van der Waals surface area contributed by atoms with Crippen molar-refractivity contribution < 1.29 is 9.53 Å². The number of morpholine rings is 1. The fraction of sp³-hybridized carbons (Fsp3) is 0.310. The van der Waals surface area contributed by atoms with Crippen molar-refractivity contribution in [2.45, 2.75) is 19.3 Å². The van der Waals surface area contributed by atoms with Crippen LogP contribution in [0.25, 0.3) is 16.7 Å². The summed E-state index contributed by atoms with van der Waals surface area (Å²) in [5, 5.41) is 6.64. The lowest BCUT2D eigenvalue weighted by atomic mass is 10.1. The van der Waals surface area contributed by atoms with Gasteiger partial charge in [0, 0.05) is 61.6 Å². The highest BCUT2D eigenvalue weighted by Gasteiger charge is 2.15. The second kappa shape index (κ2) is 10.7.